The fourth-order valence-corrected chi connectivity index (χ4v) is 1.77. The molecule has 1 atom stereocenters. The van der Waals surface area contributed by atoms with E-state index in [2.05, 4.69) is 26.2 Å². The van der Waals surface area contributed by atoms with Crippen molar-refractivity contribution in [2.45, 2.75) is 19.4 Å². The van der Waals surface area contributed by atoms with Crippen LogP contribution in [0.5, 0.6) is 0 Å². The van der Waals surface area contributed by atoms with Crippen molar-refractivity contribution in [1.29, 1.82) is 0 Å². The van der Waals surface area contributed by atoms with Gasteiger partial charge in [0.1, 0.15) is 5.82 Å². The van der Waals surface area contributed by atoms with Gasteiger partial charge in [0.05, 0.1) is 11.8 Å². The third-order valence-electron chi connectivity index (χ3n) is 1.89. The standard InChI is InChI=1S/C10H12BrFN2O/c1-7(2-3-11)14-10(15)8-4-9(12)6-13-5-8/h4-7H,2-3H2,1H3,(H,14,15). The minimum atomic E-state index is -0.504. The molecule has 3 nitrogen and oxygen atoms in total. The van der Waals surface area contributed by atoms with Crippen LogP contribution < -0.4 is 5.32 Å². The van der Waals surface area contributed by atoms with Gasteiger partial charge in [-0.1, -0.05) is 15.9 Å². The average molecular weight is 275 g/mol. The quantitative estimate of drug-likeness (QED) is 0.855. The van der Waals surface area contributed by atoms with Crippen LogP contribution in [0.3, 0.4) is 0 Å². The number of alkyl halides is 1. The second-order valence-electron chi connectivity index (χ2n) is 3.24. The van der Waals surface area contributed by atoms with Gasteiger partial charge in [-0.2, -0.15) is 0 Å². The lowest BCUT2D eigenvalue weighted by atomic mass is 10.2. The molecule has 0 saturated carbocycles. The summed E-state index contributed by atoms with van der Waals surface area (Å²) in [5.41, 5.74) is 0.247. The van der Waals surface area contributed by atoms with E-state index in [9.17, 15) is 9.18 Å². The van der Waals surface area contributed by atoms with Crippen LogP contribution in [0.25, 0.3) is 0 Å². The molecular formula is C10H12BrFN2O. The second kappa shape index (κ2) is 5.80. The van der Waals surface area contributed by atoms with Crippen LogP contribution in [-0.4, -0.2) is 22.3 Å². The number of halogens is 2. The molecule has 15 heavy (non-hydrogen) atoms. The first-order chi connectivity index (χ1) is 7.13. The SMILES string of the molecule is CC(CCBr)NC(=O)c1cncc(F)c1. The smallest absolute Gasteiger partial charge is 0.253 e. The highest BCUT2D eigenvalue weighted by Gasteiger charge is 2.09. The van der Waals surface area contributed by atoms with Gasteiger partial charge in [0.25, 0.3) is 5.91 Å². The lowest BCUT2D eigenvalue weighted by Crippen LogP contribution is -2.32. The highest BCUT2D eigenvalue weighted by molar-refractivity contribution is 9.09. The van der Waals surface area contributed by atoms with Crippen LogP contribution in [-0.2, 0) is 0 Å². The molecule has 0 aliphatic rings. The molecule has 0 spiro atoms. The predicted octanol–water partition coefficient (Wildman–Crippen LogP) is 2.12. The van der Waals surface area contributed by atoms with Crippen molar-refractivity contribution in [1.82, 2.24) is 10.3 Å². The van der Waals surface area contributed by atoms with E-state index in [-0.39, 0.29) is 17.5 Å². The van der Waals surface area contributed by atoms with Gasteiger partial charge in [-0.3, -0.25) is 9.78 Å². The van der Waals surface area contributed by atoms with Crippen molar-refractivity contribution in [2.24, 2.45) is 0 Å². The van der Waals surface area contributed by atoms with Gasteiger partial charge in [-0.15, -0.1) is 0 Å². The Morgan fingerprint density at radius 1 is 1.67 bits per heavy atom. The maximum atomic E-state index is 12.8. The molecule has 5 heteroatoms. The first kappa shape index (κ1) is 12.1. The summed E-state index contributed by atoms with van der Waals surface area (Å²) in [5.74, 6) is -0.800. The molecule has 0 aliphatic heterocycles. The van der Waals surface area contributed by atoms with Crippen LogP contribution in [0.15, 0.2) is 18.5 Å². The summed E-state index contributed by atoms with van der Waals surface area (Å²) in [6.07, 6.45) is 3.24. The molecule has 1 amide bonds. The highest BCUT2D eigenvalue weighted by Crippen LogP contribution is 2.02. The number of nitrogens with one attached hydrogen (secondary N) is 1. The fourth-order valence-electron chi connectivity index (χ4n) is 1.08. The van der Waals surface area contributed by atoms with E-state index in [1.807, 2.05) is 6.92 Å². The summed E-state index contributed by atoms with van der Waals surface area (Å²) in [4.78, 5) is 15.2. The summed E-state index contributed by atoms with van der Waals surface area (Å²) in [6, 6.07) is 1.23. The Bertz CT molecular complexity index is 346. The number of rotatable bonds is 4. The molecule has 0 aromatic carbocycles. The molecule has 0 radical (unpaired) electrons. The summed E-state index contributed by atoms with van der Waals surface area (Å²) < 4.78 is 12.8. The Labute approximate surface area is 96.2 Å². The van der Waals surface area contributed by atoms with Gasteiger partial charge in [-0.25, -0.2) is 4.39 Å². The number of pyridine rings is 1. The molecule has 1 aromatic rings. The number of hydrogen-bond donors (Lipinski definition) is 1. The van der Waals surface area contributed by atoms with Crippen LogP contribution in [0, 0.1) is 5.82 Å². The molecular weight excluding hydrogens is 263 g/mol. The van der Waals surface area contributed by atoms with Crippen molar-refractivity contribution >= 4 is 21.8 Å². The molecule has 0 aliphatic carbocycles. The average Bonchev–Trinajstić information content (AvgIpc) is 2.18. The minimum Gasteiger partial charge on any atom is -0.350 e. The zero-order chi connectivity index (χ0) is 11.3. The van der Waals surface area contributed by atoms with Crippen molar-refractivity contribution in [2.75, 3.05) is 5.33 Å². The van der Waals surface area contributed by atoms with Gasteiger partial charge < -0.3 is 5.32 Å². The number of carbonyl (C=O) groups excluding carboxylic acids is 1. The van der Waals surface area contributed by atoms with Crippen molar-refractivity contribution < 1.29 is 9.18 Å². The van der Waals surface area contributed by atoms with Gasteiger partial charge in [0, 0.05) is 17.6 Å². The van der Waals surface area contributed by atoms with Crippen LogP contribution in [0.4, 0.5) is 4.39 Å². The van der Waals surface area contributed by atoms with Gasteiger partial charge in [0.15, 0.2) is 0 Å². The van der Waals surface area contributed by atoms with Gasteiger partial charge in [0.2, 0.25) is 0 Å². The monoisotopic (exact) mass is 274 g/mol. The third kappa shape index (κ3) is 3.95. The summed E-state index contributed by atoms with van der Waals surface area (Å²) in [6.45, 7) is 1.89. The first-order valence-electron chi connectivity index (χ1n) is 4.61. The molecule has 1 heterocycles. The normalized spacial score (nSPS) is 12.2. The summed E-state index contributed by atoms with van der Waals surface area (Å²) in [5, 5.41) is 3.56. The molecule has 1 rings (SSSR count). The topological polar surface area (TPSA) is 42.0 Å². The Morgan fingerprint density at radius 2 is 2.40 bits per heavy atom. The molecule has 0 fully saturated rings. The van der Waals surface area contributed by atoms with E-state index in [0.29, 0.717) is 0 Å². The number of hydrogen-bond acceptors (Lipinski definition) is 2. The lowest BCUT2D eigenvalue weighted by Gasteiger charge is -2.11. The van der Waals surface area contributed by atoms with Crippen molar-refractivity contribution in [3.8, 4) is 0 Å². The zero-order valence-corrected chi connectivity index (χ0v) is 9.92. The van der Waals surface area contributed by atoms with E-state index in [1.165, 1.54) is 12.3 Å². The van der Waals surface area contributed by atoms with Crippen LogP contribution >= 0.6 is 15.9 Å². The maximum Gasteiger partial charge on any atom is 0.253 e. The number of nitrogens with zero attached hydrogens (tertiary/aromatic N) is 1. The number of amides is 1. The van der Waals surface area contributed by atoms with Crippen molar-refractivity contribution in [3.05, 3.63) is 29.8 Å². The molecule has 1 N–H and O–H groups in total. The Morgan fingerprint density at radius 3 is 3.00 bits per heavy atom. The van der Waals surface area contributed by atoms with E-state index in [4.69, 9.17) is 0 Å². The largest absolute Gasteiger partial charge is 0.350 e. The summed E-state index contributed by atoms with van der Waals surface area (Å²) >= 11 is 3.28. The third-order valence-corrected chi connectivity index (χ3v) is 2.34. The summed E-state index contributed by atoms with van der Waals surface area (Å²) in [7, 11) is 0. The van der Waals surface area contributed by atoms with Gasteiger partial charge in [-0.05, 0) is 19.4 Å². The zero-order valence-electron chi connectivity index (χ0n) is 8.34. The molecule has 82 valence electrons. The van der Waals surface area contributed by atoms with E-state index in [0.717, 1.165) is 17.9 Å². The van der Waals surface area contributed by atoms with Gasteiger partial charge >= 0.3 is 0 Å². The van der Waals surface area contributed by atoms with E-state index in [1.54, 1.807) is 0 Å². The van der Waals surface area contributed by atoms with Crippen LogP contribution in [0.2, 0.25) is 0 Å². The Hall–Kier alpha value is -0.970. The Kier molecular flexibility index (Phi) is 4.68. The highest BCUT2D eigenvalue weighted by atomic mass is 79.9. The predicted molar refractivity (Wildman–Crippen MR) is 59.5 cm³/mol. The number of aromatic nitrogens is 1. The lowest BCUT2D eigenvalue weighted by molar-refractivity contribution is 0.0938. The molecule has 0 bridgehead atoms. The second-order valence-corrected chi connectivity index (χ2v) is 4.04. The van der Waals surface area contributed by atoms with E-state index < -0.39 is 5.82 Å². The first-order valence-corrected chi connectivity index (χ1v) is 5.73. The van der Waals surface area contributed by atoms with Crippen molar-refractivity contribution in [3.63, 3.8) is 0 Å². The van der Waals surface area contributed by atoms with E-state index >= 15 is 0 Å². The fraction of sp³-hybridized carbons (Fsp3) is 0.400. The molecule has 1 aromatic heterocycles. The number of carbonyl (C=O) groups is 1. The Balaban J connectivity index is 2.61. The molecule has 1 unspecified atom stereocenters. The molecule has 0 saturated heterocycles. The van der Waals surface area contributed by atoms with Crippen LogP contribution in [0.1, 0.15) is 23.7 Å². The minimum absolute atomic E-state index is 0.0557. The maximum absolute atomic E-state index is 12.8.